The summed E-state index contributed by atoms with van der Waals surface area (Å²) in [6.07, 6.45) is 5.92. The maximum absolute atomic E-state index is 5.07. The van der Waals surface area contributed by atoms with E-state index in [4.69, 9.17) is 9.47 Å². The van der Waals surface area contributed by atoms with Crippen LogP contribution in [0.4, 0.5) is 0 Å². The summed E-state index contributed by atoms with van der Waals surface area (Å²) in [4.78, 5) is 4.66. The highest BCUT2D eigenvalue weighted by Crippen LogP contribution is 1.98. The first kappa shape index (κ1) is 14.4. The van der Waals surface area contributed by atoms with E-state index in [0.29, 0.717) is 13.2 Å². The van der Waals surface area contributed by atoms with Gasteiger partial charge in [0, 0.05) is 7.11 Å². The van der Waals surface area contributed by atoms with Crippen LogP contribution in [-0.2, 0) is 20.9 Å². The molecule has 0 saturated heterocycles. The number of rotatable bonds is 2. The molecule has 0 bridgehead atoms. The number of methoxy groups -OCH3 is 1. The van der Waals surface area contributed by atoms with Gasteiger partial charge in [0.05, 0.1) is 26.0 Å². The van der Waals surface area contributed by atoms with Crippen molar-refractivity contribution < 1.29 is 14.3 Å². The summed E-state index contributed by atoms with van der Waals surface area (Å²) in [7, 11) is 1.70. The Labute approximate surface area is 108 Å². The lowest BCUT2D eigenvalue weighted by Gasteiger charge is -1.95. The summed E-state index contributed by atoms with van der Waals surface area (Å²) in [5.41, 5.74) is 1.22. The molecule has 1 heterocycles. The Balaban J connectivity index is 0.000000180. The fraction of sp³-hybridized carbons (Fsp3) is 0.357. The van der Waals surface area contributed by atoms with Crippen LogP contribution in [0.15, 0.2) is 47.8 Å². The zero-order chi connectivity index (χ0) is 12.9. The van der Waals surface area contributed by atoms with E-state index in [0.717, 1.165) is 13.0 Å². The van der Waals surface area contributed by atoms with Crippen molar-refractivity contribution >= 4 is 6.21 Å². The van der Waals surface area contributed by atoms with Crippen LogP contribution < -0.4 is 0 Å². The van der Waals surface area contributed by atoms with Gasteiger partial charge in [-0.15, -0.1) is 0 Å². The fourth-order valence-electron chi connectivity index (χ4n) is 1.25. The second-order valence-corrected chi connectivity index (χ2v) is 3.55. The van der Waals surface area contributed by atoms with E-state index < -0.39 is 0 Å². The van der Waals surface area contributed by atoms with Crippen LogP contribution in [0.2, 0.25) is 0 Å². The zero-order valence-corrected chi connectivity index (χ0v) is 10.6. The van der Waals surface area contributed by atoms with Crippen LogP contribution in [0.25, 0.3) is 0 Å². The summed E-state index contributed by atoms with van der Waals surface area (Å²) >= 11 is 0. The van der Waals surface area contributed by atoms with Crippen molar-refractivity contribution in [3.63, 3.8) is 0 Å². The molecule has 1 aromatic rings. The van der Waals surface area contributed by atoms with Crippen LogP contribution in [0.3, 0.4) is 0 Å². The van der Waals surface area contributed by atoms with Crippen molar-refractivity contribution in [3.8, 4) is 0 Å². The van der Waals surface area contributed by atoms with E-state index in [9.17, 15) is 0 Å². The molecule has 0 aliphatic carbocycles. The Bertz CT molecular complexity index is 335. The maximum atomic E-state index is 5.07. The molecular weight excluding hydrogens is 230 g/mol. The minimum atomic E-state index is 0.543. The quantitative estimate of drug-likeness (QED) is 0.809. The number of ether oxygens (including phenoxy) is 2. The van der Waals surface area contributed by atoms with Crippen molar-refractivity contribution in [2.45, 2.75) is 13.0 Å². The SMILES string of the molecule is C1=C/O/N=C/COCC/1.COCc1ccccc1. The minimum Gasteiger partial charge on any atom is -0.380 e. The van der Waals surface area contributed by atoms with Gasteiger partial charge < -0.3 is 14.3 Å². The molecule has 1 aromatic carbocycles. The Hall–Kier alpha value is -1.65. The van der Waals surface area contributed by atoms with Gasteiger partial charge >= 0.3 is 0 Å². The largest absolute Gasteiger partial charge is 0.380 e. The molecule has 0 saturated carbocycles. The summed E-state index contributed by atoms with van der Waals surface area (Å²) in [5.74, 6) is 0. The molecule has 0 atom stereocenters. The van der Waals surface area contributed by atoms with Crippen LogP contribution in [0.5, 0.6) is 0 Å². The van der Waals surface area contributed by atoms with Gasteiger partial charge in [0.15, 0.2) is 0 Å². The molecule has 0 fully saturated rings. The maximum Gasteiger partial charge on any atom is 0.118 e. The summed E-state index contributed by atoms with van der Waals surface area (Å²) < 4.78 is 10.0. The number of hydrogen-bond acceptors (Lipinski definition) is 4. The molecule has 0 unspecified atom stereocenters. The van der Waals surface area contributed by atoms with Crippen molar-refractivity contribution in [1.82, 2.24) is 0 Å². The Morgan fingerprint density at radius 1 is 1.28 bits per heavy atom. The summed E-state index contributed by atoms with van der Waals surface area (Å²) in [6.45, 7) is 1.99. The molecule has 0 aromatic heterocycles. The van der Waals surface area contributed by atoms with Gasteiger partial charge in [-0.25, -0.2) is 0 Å². The van der Waals surface area contributed by atoms with E-state index in [2.05, 4.69) is 9.99 Å². The Morgan fingerprint density at radius 3 is 2.89 bits per heavy atom. The van der Waals surface area contributed by atoms with E-state index in [1.165, 1.54) is 5.56 Å². The molecule has 98 valence electrons. The van der Waals surface area contributed by atoms with E-state index in [1.807, 2.05) is 36.4 Å². The third-order valence-electron chi connectivity index (χ3n) is 2.07. The van der Waals surface area contributed by atoms with Crippen molar-refractivity contribution in [2.75, 3.05) is 20.3 Å². The normalized spacial score (nSPS) is 18.1. The van der Waals surface area contributed by atoms with Crippen LogP contribution >= 0.6 is 0 Å². The first-order valence-electron chi connectivity index (χ1n) is 5.86. The number of oxime groups is 1. The standard InChI is InChI=1S/C8H10O.C6H9NO2/c1-9-7-8-5-3-2-4-6-8;1-2-5-9-7-3-6-8-4-1/h2-6H,7H2,1H3;2-3,5H,1,4,6H2/b;5-2+,7-3+. The highest BCUT2D eigenvalue weighted by atomic mass is 16.6. The predicted molar refractivity (Wildman–Crippen MR) is 71.3 cm³/mol. The van der Waals surface area contributed by atoms with Crippen LogP contribution in [-0.4, -0.2) is 26.5 Å². The van der Waals surface area contributed by atoms with Gasteiger partial charge in [-0.1, -0.05) is 35.5 Å². The third-order valence-corrected chi connectivity index (χ3v) is 2.07. The van der Waals surface area contributed by atoms with E-state index >= 15 is 0 Å². The highest BCUT2D eigenvalue weighted by Gasteiger charge is 1.85. The average molecular weight is 249 g/mol. The molecule has 18 heavy (non-hydrogen) atoms. The Morgan fingerprint density at radius 2 is 2.11 bits per heavy atom. The summed E-state index contributed by atoms with van der Waals surface area (Å²) in [6, 6.07) is 10.1. The van der Waals surface area contributed by atoms with Crippen LogP contribution in [0.1, 0.15) is 12.0 Å². The molecule has 0 spiro atoms. The summed E-state index contributed by atoms with van der Waals surface area (Å²) in [5, 5.41) is 3.55. The van der Waals surface area contributed by atoms with Crippen molar-refractivity contribution in [2.24, 2.45) is 5.16 Å². The lowest BCUT2D eigenvalue weighted by molar-refractivity contribution is 0.179. The zero-order valence-electron chi connectivity index (χ0n) is 10.6. The monoisotopic (exact) mass is 249 g/mol. The molecule has 1 aliphatic heterocycles. The smallest absolute Gasteiger partial charge is 0.118 e. The fourth-order valence-corrected chi connectivity index (χ4v) is 1.25. The first-order valence-corrected chi connectivity index (χ1v) is 5.86. The second kappa shape index (κ2) is 10.5. The number of hydrogen-bond donors (Lipinski definition) is 0. The van der Waals surface area contributed by atoms with Gasteiger partial charge in [-0.05, 0) is 18.1 Å². The van der Waals surface area contributed by atoms with Crippen molar-refractivity contribution in [1.29, 1.82) is 0 Å². The minimum absolute atomic E-state index is 0.543. The molecule has 0 amide bonds. The van der Waals surface area contributed by atoms with Gasteiger partial charge in [0.1, 0.15) is 6.26 Å². The highest BCUT2D eigenvalue weighted by molar-refractivity contribution is 5.57. The Kier molecular flexibility index (Phi) is 8.41. The van der Waals surface area contributed by atoms with Crippen molar-refractivity contribution in [3.05, 3.63) is 48.2 Å². The van der Waals surface area contributed by atoms with E-state index in [1.54, 1.807) is 19.6 Å². The second-order valence-electron chi connectivity index (χ2n) is 3.55. The number of nitrogens with zero attached hydrogens (tertiary/aromatic N) is 1. The average Bonchev–Trinajstić information content (AvgIpc) is 2.56. The first-order chi connectivity index (χ1) is 8.93. The molecule has 0 N–H and O–H groups in total. The van der Waals surface area contributed by atoms with Gasteiger partial charge in [-0.2, -0.15) is 0 Å². The van der Waals surface area contributed by atoms with Crippen LogP contribution in [0, 0.1) is 0 Å². The topological polar surface area (TPSA) is 40.0 Å². The molecule has 1 aliphatic rings. The molecule has 0 radical (unpaired) electrons. The lowest BCUT2D eigenvalue weighted by atomic mass is 10.2. The van der Waals surface area contributed by atoms with Gasteiger partial charge in [0.25, 0.3) is 0 Å². The van der Waals surface area contributed by atoms with E-state index in [-0.39, 0.29) is 0 Å². The lowest BCUT2D eigenvalue weighted by Crippen LogP contribution is -1.95. The van der Waals surface area contributed by atoms with Gasteiger partial charge in [-0.3, -0.25) is 0 Å². The third kappa shape index (κ3) is 7.60. The molecule has 4 heteroatoms. The number of benzene rings is 1. The molecule has 4 nitrogen and oxygen atoms in total. The molecular formula is C14H19NO3. The predicted octanol–water partition coefficient (Wildman–Crippen LogP) is 2.76. The molecule has 2 rings (SSSR count). The van der Waals surface area contributed by atoms with Gasteiger partial charge in [0.2, 0.25) is 0 Å².